The van der Waals surface area contributed by atoms with Gasteiger partial charge in [0.2, 0.25) is 5.91 Å². The molecular formula is C21H27FN4O3. The van der Waals surface area contributed by atoms with Crippen LogP contribution in [0, 0.1) is 12.7 Å². The number of carbonyl (C=O) groups is 1. The lowest BCUT2D eigenvalue weighted by Gasteiger charge is -2.42. The average molecular weight is 402 g/mol. The summed E-state index contributed by atoms with van der Waals surface area (Å²) < 4.78 is 24.4. The third-order valence-corrected chi connectivity index (χ3v) is 5.54. The minimum absolute atomic E-state index is 0.0446. The van der Waals surface area contributed by atoms with Gasteiger partial charge in [0.15, 0.2) is 0 Å². The molecule has 0 spiro atoms. The summed E-state index contributed by atoms with van der Waals surface area (Å²) in [7, 11) is 0. The number of imidazole rings is 1. The van der Waals surface area contributed by atoms with E-state index in [2.05, 4.69) is 14.9 Å². The van der Waals surface area contributed by atoms with E-state index in [1.54, 1.807) is 12.1 Å². The molecule has 4 rings (SSSR count). The molecule has 7 nitrogen and oxygen atoms in total. The fraction of sp³-hybridized carbons (Fsp3) is 0.524. The van der Waals surface area contributed by atoms with Crippen molar-refractivity contribution in [2.45, 2.75) is 38.5 Å². The number of carbonyl (C=O) groups excluding carboxylic acids is 1. The molecule has 8 heteroatoms. The molecule has 0 aliphatic carbocycles. The molecule has 1 N–H and O–H groups in total. The minimum atomic E-state index is -0.295. The second-order valence-corrected chi connectivity index (χ2v) is 7.76. The Morgan fingerprint density at radius 2 is 2.03 bits per heavy atom. The largest absolute Gasteiger partial charge is 0.491 e. The summed E-state index contributed by atoms with van der Waals surface area (Å²) in [6.45, 7) is 5.64. The molecule has 3 heterocycles. The third kappa shape index (κ3) is 5.13. The summed E-state index contributed by atoms with van der Waals surface area (Å²) in [5.41, 5.74) is 1.07. The van der Waals surface area contributed by atoms with Gasteiger partial charge in [-0.3, -0.25) is 9.69 Å². The van der Waals surface area contributed by atoms with E-state index in [0.717, 1.165) is 44.0 Å². The number of nitrogens with one attached hydrogen (secondary N) is 1. The second kappa shape index (κ2) is 8.92. The molecular weight excluding hydrogens is 375 g/mol. The summed E-state index contributed by atoms with van der Waals surface area (Å²) in [5.74, 6) is 1.33. The van der Waals surface area contributed by atoms with Crippen LogP contribution in [0.25, 0.3) is 0 Å². The summed E-state index contributed by atoms with van der Waals surface area (Å²) in [5, 5.41) is 0. The molecule has 2 aliphatic rings. The van der Waals surface area contributed by atoms with E-state index >= 15 is 0 Å². The number of aromatic nitrogens is 2. The fourth-order valence-electron chi connectivity index (χ4n) is 3.97. The highest BCUT2D eigenvalue weighted by Crippen LogP contribution is 2.22. The molecule has 1 aromatic heterocycles. The Kier molecular flexibility index (Phi) is 6.10. The number of morpholine rings is 1. The number of amides is 1. The Labute approximate surface area is 169 Å². The first-order chi connectivity index (χ1) is 14.1. The van der Waals surface area contributed by atoms with Crippen molar-refractivity contribution in [1.82, 2.24) is 19.8 Å². The quantitative estimate of drug-likeness (QED) is 0.802. The number of halogens is 1. The van der Waals surface area contributed by atoms with Crippen LogP contribution < -0.4 is 4.74 Å². The Bertz CT molecular complexity index is 818. The number of hydrogen-bond donors (Lipinski definition) is 1. The second-order valence-electron chi connectivity index (χ2n) is 7.76. The number of hydrogen-bond acceptors (Lipinski definition) is 5. The van der Waals surface area contributed by atoms with E-state index in [-0.39, 0.29) is 30.5 Å². The van der Waals surface area contributed by atoms with Gasteiger partial charge in [-0.15, -0.1) is 0 Å². The molecule has 0 unspecified atom stereocenters. The molecule has 1 aromatic carbocycles. The van der Waals surface area contributed by atoms with Crippen LogP contribution in [0.4, 0.5) is 4.39 Å². The molecule has 2 fully saturated rings. The number of aromatic amines is 1. The fourth-order valence-corrected chi connectivity index (χ4v) is 3.97. The molecule has 0 radical (unpaired) electrons. The number of ether oxygens (including phenoxy) is 2. The SMILES string of the molecule is Cc1cnc(CN2CCC(N3C[C@@H](COc4ccc(F)cc4)OCC3=O)CC2)[nH]1. The summed E-state index contributed by atoms with van der Waals surface area (Å²) in [6, 6.07) is 6.15. The maximum absolute atomic E-state index is 13.0. The van der Waals surface area contributed by atoms with Crippen molar-refractivity contribution in [3.8, 4) is 5.75 Å². The number of rotatable bonds is 6. The highest BCUT2D eigenvalue weighted by atomic mass is 19.1. The summed E-state index contributed by atoms with van der Waals surface area (Å²) in [6.07, 6.45) is 3.55. The lowest BCUT2D eigenvalue weighted by molar-refractivity contribution is -0.155. The molecule has 156 valence electrons. The van der Waals surface area contributed by atoms with Crippen LogP contribution >= 0.6 is 0 Å². The van der Waals surface area contributed by atoms with Gasteiger partial charge >= 0.3 is 0 Å². The number of piperidine rings is 1. The topological polar surface area (TPSA) is 70.7 Å². The lowest BCUT2D eigenvalue weighted by atomic mass is 10.0. The van der Waals surface area contributed by atoms with Gasteiger partial charge in [-0.2, -0.15) is 0 Å². The van der Waals surface area contributed by atoms with Gasteiger partial charge in [0.1, 0.15) is 36.7 Å². The number of likely N-dealkylation sites (tertiary alicyclic amines) is 1. The van der Waals surface area contributed by atoms with Crippen molar-refractivity contribution in [2.24, 2.45) is 0 Å². The Hall–Kier alpha value is -2.45. The first kappa shape index (κ1) is 19.8. The van der Waals surface area contributed by atoms with Crippen molar-refractivity contribution >= 4 is 5.91 Å². The van der Waals surface area contributed by atoms with Crippen molar-refractivity contribution in [3.63, 3.8) is 0 Å². The van der Waals surface area contributed by atoms with Crippen molar-refractivity contribution in [3.05, 3.63) is 47.8 Å². The van der Waals surface area contributed by atoms with Crippen LogP contribution in [0.15, 0.2) is 30.5 Å². The molecule has 0 bridgehead atoms. The van der Waals surface area contributed by atoms with Gasteiger partial charge in [-0.25, -0.2) is 9.37 Å². The Morgan fingerprint density at radius 1 is 1.28 bits per heavy atom. The van der Waals surface area contributed by atoms with Crippen LogP contribution in [-0.2, 0) is 16.1 Å². The summed E-state index contributed by atoms with van der Waals surface area (Å²) in [4.78, 5) is 24.4. The third-order valence-electron chi connectivity index (χ3n) is 5.54. The maximum atomic E-state index is 13.0. The van der Waals surface area contributed by atoms with Crippen molar-refractivity contribution in [1.29, 1.82) is 0 Å². The maximum Gasteiger partial charge on any atom is 0.248 e. The molecule has 2 aromatic rings. The smallest absolute Gasteiger partial charge is 0.248 e. The van der Waals surface area contributed by atoms with E-state index in [4.69, 9.17) is 9.47 Å². The van der Waals surface area contributed by atoms with Crippen LogP contribution in [0.1, 0.15) is 24.4 Å². The normalized spacial score (nSPS) is 21.5. The standard InChI is InChI=1S/C21H27FN4O3/c1-15-10-23-20(24-15)12-25-8-6-17(7-9-25)26-11-19(29-14-21(26)27)13-28-18-4-2-16(22)3-5-18/h2-5,10,17,19H,6-9,11-14H2,1H3,(H,23,24)/t19-/m0/s1. The predicted molar refractivity (Wildman–Crippen MR) is 105 cm³/mol. The first-order valence-electron chi connectivity index (χ1n) is 10.1. The van der Waals surface area contributed by atoms with E-state index in [0.29, 0.717) is 18.9 Å². The molecule has 2 saturated heterocycles. The number of nitrogens with zero attached hydrogens (tertiary/aromatic N) is 3. The Balaban J connectivity index is 1.26. The van der Waals surface area contributed by atoms with Crippen LogP contribution in [0.3, 0.4) is 0 Å². The van der Waals surface area contributed by atoms with Gasteiger partial charge in [0, 0.05) is 31.0 Å². The first-order valence-corrected chi connectivity index (χ1v) is 10.1. The number of benzene rings is 1. The van der Waals surface area contributed by atoms with Crippen LogP contribution in [-0.4, -0.2) is 70.7 Å². The van der Waals surface area contributed by atoms with E-state index < -0.39 is 0 Å². The van der Waals surface area contributed by atoms with Crippen LogP contribution in [0.2, 0.25) is 0 Å². The van der Waals surface area contributed by atoms with Crippen molar-refractivity contribution < 1.29 is 18.7 Å². The van der Waals surface area contributed by atoms with Gasteiger partial charge in [0.05, 0.1) is 13.1 Å². The van der Waals surface area contributed by atoms with E-state index in [1.807, 2.05) is 18.0 Å². The predicted octanol–water partition coefficient (Wildman–Crippen LogP) is 2.13. The van der Waals surface area contributed by atoms with E-state index in [9.17, 15) is 9.18 Å². The lowest BCUT2D eigenvalue weighted by Crippen LogP contribution is -2.55. The van der Waals surface area contributed by atoms with Gasteiger partial charge < -0.3 is 19.4 Å². The van der Waals surface area contributed by atoms with Crippen LogP contribution in [0.5, 0.6) is 5.75 Å². The van der Waals surface area contributed by atoms with Gasteiger partial charge in [-0.05, 0) is 44.0 Å². The Morgan fingerprint density at radius 3 is 2.72 bits per heavy atom. The zero-order valence-corrected chi connectivity index (χ0v) is 16.6. The van der Waals surface area contributed by atoms with Crippen molar-refractivity contribution in [2.75, 3.05) is 32.8 Å². The minimum Gasteiger partial charge on any atom is -0.491 e. The monoisotopic (exact) mass is 402 g/mol. The zero-order chi connectivity index (χ0) is 20.2. The number of H-pyrrole nitrogens is 1. The molecule has 0 saturated carbocycles. The summed E-state index contributed by atoms with van der Waals surface area (Å²) >= 11 is 0. The van der Waals surface area contributed by atoms with Gasteiger partial charge in [-0.1, -0.05) is 0 Å². The average Bonchev–Trinajstić information content (AvgIpc) is 3.14. The molecule has 2 aliphatic heterocycles. The molecule has 1 amide bonds. The van der Waals surface area contributed by atoms with E-state index in [1.165, 1.54) is 12.1 Å². The number of aryl methyl sites for hydroxylation is 1. The molecule has 29 heavy (non-hydrogen) atoms. The highest BCUT2D eigenvalue weighted by molar-refractivity contribution is 5.78. The molecule has 1 atom stereocenters. The van der Waals surface area contributed by atoms with Gasteiger partial charge in [0.25, 0.3) is 0 Å². The zero-order valence-electron chi connectivity index (χ0n) is 16.6. The highest BCUT2D eigenvalue weighted by Gasteiger charge is 2.33.